The monoisotopic (exact) mass is 265 g/mol. The van der Waals surface area contributed by atoms with Crippen molar-refractivity contribution in [2.75, 3.05) is 32.1 Å². The van der Waals surface area contributed by atoms with Gasteiger partial charge in [0.2, 0.25) is 0 Å². The van der Waals surface area contributed by atoms with E-state index >= 15 is 0 Å². The van der Waals surface area contributed by atoms with Crippen LogP contribution in [0.25, 0.3) is 10.3 Å². The Morgan fingerprint density at radius 1 is 1.39 bits per heavy atom. The van der Waals surface area contributed by atoms with Crippen molar-refractivity contribution in [1.82, 2.24) is 19.7 Å². The zero-order valence-corrected chi connectivity index (χ0v) is 12.2. The molecule has 1 saturated heterocycles. The van der Waals surface area contributed by atoms with Crippen LogP contribution in [0.4, 0.5) is 5.13 Å². The van der Waals surface area contributed by atoms with Gasteiger partial charge in [-0.1, -0.05) is 11.3 Å². The number of aromatic nitrogens is 3. The molecule has 3 rings (SSSR count). The van der Waals surface area contributed by atoms with Crippen LogP contribution in [0.1, 0.15) is 12.1 Å². The van der Waals surface area contributed by atoms with Crippen molar-refractivity contribution >= 4 is 26.8 Å². The van der Waals surface area contributed by atoms with E-state index in [2.05, 4.69) is 35.9 Å². The van der Waals surface area contributed by atoms with Crippen LogP contribution < -0.4 is 4.90 Å². The molecule has 0 spiro atoms. The highest BCUT2D eigenvalue weighted by atomic mass is 32.1. The average molecular weight is 265 g/mol. The highest BCUT2D eigenvalue weighted by Gasteiger charge is 2.26. The second kappa shape index (κ2) is 4.20. The van der Waals surface area contributed by atoms with E-state index in [4.69, 9.17) is 4.98 Å². The summed E-state index contributed by atoms with van der Waals surface area (Å²) >= 11 is 1.77. The van der Waals surface area contributed by atoms with E-state index in [0.29, 0.717) is 6.04 Å². The topological polar surface area (TPSA) is 37.2 Å². The van der Waals surface area contributed by atoms with Crippen molar-refractivity contribution in [3.63, 3.8) is 0 Å². The molecule has 0 saturated carbocycles. The maximum atomic E-state index is 4.74. The summed E-state index contributed by atoms with van der Waals surface area (Å²) in [5.74, 6) is 0. The molecule has 5 nitrogen and oxygen atoms in total. The van der Waals surface area contributed by atoms with Gasteiger partial charge >= 0.3 is 0 Å². The van der Waals surface area contributed by atoms with E-state index in [1.54, 1.807) is 11.3 Å². The average Bonchev–Trinajstić information content (AvgIpc) is 2.98. The Morgan fingerprint density at radius 3 is 2.78 bits per heavy atom. The molecular weight excluding hydrogens is 246 g/mol. The number of fused-ring (bicyclic) bond motifs is 1. The van der Waals surface area contributed by atoms with Crippen LogP contribution >= 0.6 is 11.3 Å². The normalized spacial score (nSPS) is 20.5. The van der Waals surface area contributed by atoms with Crippen LogP contribution in [0.3, 0.4) is 0 Å². The van der Waals surface area contributed by atoms with Gasteiger partial charge in [0, 0.05) is 26.2 Å². The smallest absolute Gasteiger partial charge is 0.188 e. The Kier molecular flexibility index (Phi) is 2.79. The fourth-order valence-corrected chi connectivity index (χ4v) is 3.61. The molecule has 6 heteroatoms. The van der Waals surface area contributed by atoms with Crippen LogP contribution in [0.5, 0.6) is 0 Å². The fourth-order valence-electron chi connectivity index (χ4n) is 2.55. The maximum absolute atomic E-state index is 4.74. The minimum Gasteiger partial charge on any atom is -0.346 e. The van der Waals surface area contributed by atoms with Crippen LogP contribution in [-0.4, -0.2) is 52.9 Å². The Labute approximate surface area is 111 Å². The van der Waals surface area contributed by atoms with E-state index < -0.39 is 0 Å². The number of thiazole rings is 1. The third kappa shape index (κ3) is 1.80. The number of rotatable bonds is 2. The van der Waals surface area contributed by atoms with Crippen LogP contribution in [0, 0.1) is 6.92 Å². The molecule has 2 aromatic rings. The van der Waals surface area contributed by atoms with Crippen LogP contribution in [0.15, 0.2) is 0 Å². The van der Waals surface area contributed by atoms with Gasteiger partial charge in [-0.2, -0.15) is 5.10 Å². The second-order valence-electron chi connectivity index (χ2n) is 5.21. The van der Waals surface area contributed by atoms with Gasteiger partial charge in [-0.3, -0.25) is 0 Å². The number of nitrogens with zero attached hydrogens (tertiary/aromatic N) is 5. The molecule has 0 amide bonds. The number of hydrogen-bond acceptors (Lipinski definition) is 5. The van der Waals surface area contributed by atoms with Crippen LogP contribution in [-0.2, 0) is 7.05 Å². The molecule has 18 heavy (non-hydrogen) atoms. The van der Waals surface area contributed by atoms with Gasteiger partial charge < -0.3 is 9.80 Å². The lowest BCUT2D eigenvalue weighted by molar-refractivity contribution is 0.315. The summed E-state index contributed by atoms with van der Waals surface area (Å²) in [6, 6.07) is 0.649. The number of anilines is 1. The third-order valence-electron chi connectivity index (χ3n) is 3.70. The molecule has 0 radical (unpaired) electrons. The Bertz CT molecular complexity index is 536. The molecule has 98 valence electrons. The second-order valence-corrected chi connectivity index (χ2v) is 6.19. The largest absolute Gasteiger partial charge is 0.346 e. The van der Waals surface area contributed by atoms with Gasteiger partial charge in [0.25, 0.3) is 0 Å². The maximum Gasteiger partial charge on any atom is 0.188 e. The number of aryl methyl sites for hydroxylation is 2. The molecule has 0 aromatic carbocycles. The Balaban J connectivity index is 1.89. The summed E-state index contributed by atoms with van der Waals surface area (Å²) in [5.41, 5.74) is 2.10. The number of hydrogen-bond donors (Lipinski definition) is 0. The van der Waals surface area contributed by atoms with E-state index in [9.17, 15) is 0 Å². The summed E-state index contributed by atoms with van der Waals surface area (Å²) in [6.45, 7) is 4.24. The SMILES string of the molecule is Cc1nn(C)c2nc(N3CC[C@H](N(C)C)C3)sc12. The minimum atomic E-state index is 0.649. The quantitative estimate of drug-likeness (QED) is 0.824. The van der Waals surface area contributed by atoms with Crippen LogP contribution in [0.2, 0.25) is 0 Å². The van der Waals surface area contributed by atoms with Crippen molar-refractivity contribution in [3.05, 3.63) is 5.69 Å². The summed E-state index contributed by atoms with van der Waals surface area (Å²) in [5, 5.41) is 5.54. The van der Waals surface area contributed by atoms with Crippen molar-refractivity contribution in [2.45, 2.75) is 19.4 Å². The predicted octanol–water partition coefficient (Wildman–Crippen LogP) is 1.48. The highest BCUT2D eigenvalue weighted by molar-refractivity contribution is 7.22. The molecular formula is C12H19N5S. The number of likely N-dealkylation sites (N-methyl/N-ethyl adjacent to an activating group) is 1. The lowest BCUT2D eigenvalue weighted by Gasteiger charge is -2.19. The summed E-state index contributed by atoms with van der Waals surface area (Å²) < 4.78 is 3.10. The highest BCUT2D eigenvalue weighted by Crippen LogP contribution is 2.32. The zero-order valence-electron chi connectivity index (χ0n) is 11.3. The Morgan fingerprint density at radius 2 is 2.17 bits per heavy atom. The lowest BCUT2D eigenvalue weighted by atomic mass is 10.2. The van der Waals surface area contributed by atoms with E-state index in [0.717, 1.165) is 29.6 Å². The molecule has 1 fully saturated rings. The van der Waals surface area contributed by atoms with Crippen molar-refractivity contribution < 1.29 is 0 Å². The molecule has 0 aliphatic carbocycles. The minimum absolute atomic E-state index is 0.649. The van der Waals surface area contributed by atoms with Crippen molar-refractivity contribution in [3.8, 4) is 0 Å². The van der Waals surface area contributed by atoms with Crippen molar-refractivity contribution in [2.24, 2.45) is 7.05 Å². The summed E-state index contributed by atoms with van der Waals surface area (Å²) in [6.07, 6.45) is 1.22. The molecule has 3 heterocycles. The first kappa shape index (κ1) is 11.9. The summed E-state index contributed by atoms with van der Waals surface area (Å²) in [7, 11) is 6.27. The molecule has 0 bridgehead atoms. The van der Waals surface area contributed by atoms with Gasteiger partial charge in [0.1, 0.15) is 0 Å². The standard InChI is InChI=1S/C12H19N5S/c1-8-10-11(16(4)14-8)13-12(18-10)17-6-5-9(7-17)15(2)3/h9H,5-7H2,1-4H3/t9-/m0/s1. The van der Waals surface area contributed by atoms with Crippen molar-refractivity contribution in [1.29, 1.82) is 0 Å². The van der Waals surface area contributed by atoms with Gasteiger partial charge in [0.15, 0.2) is 10.8 Å². The molecule has 1 aliphatic heterocycles. The zero-order chi connectivity index (χ0) is 12.9. The predicted molar refractivity (Wildman–Crippen MR) is 75.4 cm³/mol. The first-order chi connectivity index (χ1) is 8.56. The molecule has 1 aliphatic rings. The third-order valence-corrected chi connectivity index (χ3v) is 4.91. The van der Waals surface area contributed by atoms with Gasteiger partial charge in [0.05, 0.1) is 10.4 Å². The van der Waals surface area contributed by atoms with Gasteiger partial charge in [-0.15, -0.1) is 0 Å². The first-order valence-corrected chi connectivity index (χ1v) is 7.09. The van der Waals surface area contributed by atoms with Gasteiger partial charge in [-0.05, 0) is 27.4 Å². The van der Waals surface area contributed by atoms with E-state index in [-0.39, 0.29) is 0 Å². The van der Waals surface area contributed by atoms with Gasteiger partial charge in [-0.25, -0.2) is 9.67 Å². The molecule has 2 aromatic heterocycles. The fraction of sp³-hybridized carbons (Fsp3) is 0.667. The van der Waals surface area contributed by atoms with E-state index in [1.807, 2.05) is 11.7 Å². The molecule has 1 atom stereocenters. The first-order valence-electron chi connectivity index (χ1n) is 6.28. The molecule has 0 unspecified atom stereocenters. The molecule has 0 N–H and O–H groups in total. The Hall–Kier alpha value is -1.14. The summed E-state index contributed by atoms with van der Waals surface area (Å²) in [4.78, 5) is 9.44. The van der Waals surface area contributed by atoms with E-state index in [1.165, 1.54) is 11.1 Å². The lowest BCUT2D eigenvalue weighted by Crippen LogP contribution is -2.31.